The summed E-state index contributed by atoms with van der Waals surface area (Å²) in [5, 5.41) is 12.7. The number of furan rings is 1. The first kappa shape index (κ1) is 16.0. The minimum Gasteiger partial charge on any atom is -0.467 e. The van der Waals surface area contributed by atoms with Gasteiger partial charge in [-0.2, -0.15) is 0 Å². The van der Waals surface area contributed by atoms with Gasteiger partial charge >= 0.3 is 0 Å². The Kier molecular flexibility index (Phi) is 5.16. The molecule has 6 nitrogen and oxygen atoms in total. The van der Waals surface area contributed by atoms with E-state index in [4.69, 9.17) is 4.42 Å². The maximum atomic E-state index is 12.0. The average molecular weight is 304 g/mol. The number of carbonyl (C=O) groups excluding carboxylic acids is 1. The molecule has 0 aliphatic carbocycles. The van der Waals surface area contributed by atoms with Crippen molar-refractivity contribution in [2.24, 2.45) is 0 Å². The lowest BCUT2D eigenvalue weighted by Crippen LogP contribution is -2.38. The van der Waals surface area contributed by atoms with Gasteiger partial charge in [0, 0.05) is 24.2 Å². The third-order valence-corrected chi connectivity index (χ3v) is 3.38. The predicted molar refractivity (Wildman–Crippen MR) is 81.3 cm³/mol. The summed E-state index contributed by atoms with van der Waals surface area (Å²) in [6.07, 6.45) is 2.64. The third-order valence-electron chi connectivity index (χ3n) is 3.38. The largest absolute Gasteiger partial charge is 0.467 e. The number of aliphatic hydroxyl groups excluding tert-OH is 1. The number of hydrogen-bond acceptors (Lipinski definition) is 4. The van der Waals surface area contributed by atoms with Gasteiger partial charge in [-0.05, 0) is 32.0 Å². The van der Waals surface area contributed by atoms with E-state index >= 15 is 0 Å². The van der Waals surface area contributed by atoms with Gasteiger partial charge in [-0.3, -0.25) is 9.59 Å². The van der Waals surface area contributed by atoms with E-state index in [1.54, 1.807) is 44.3 Å². The standard InChI is InChI=1S/C16H20N2O4/c1-11-5-3-7-18(16(11)21)10-15(20)17-12(2)9-13(19)14-6-4-8-22-14/h3-8,12-13,19H,9-10H2,1-2H3,(H,17,20). The zero-order valence-electron chi connectivity index (χ0n) is 12.7. The van der Waals surface area contributed by atoms with Crippen molar-refractivity contribution in [3.8, 4) is 0 Å². The molecule has 0 saturated heterocycles. The number of hydrogen-bond donors (Lipinski definition) is 2. The van der Waals surface area contributed by atoms with Crippen LogP contribution in [0, 0.1) is 6.92 Å². The first-order chi connectivity index (χ1) is 10.5. The highest BCUT2D eigenvalue weighted by molar-refractivity contribution is 5.76. The van der Waals surface area contributed by atoms with Crippen molar-refractivity contribution in [1.82, 2.24) is 9.88 Å². The van der Waals surface area contributed by atoms with Crippen LogP contribution in [0.3, 0.4) is 0 Å². The lowest BCUT2D eigenvalue weighted by molar-refractivity contribution is -0.122. The first-order valence-electron chi connectivity index (χ1n) is 7.14. The predicted octanol–water partition coefficient (Wildman–Crippen LogP) is 1.38. The molecule has 0 fully saturated rings. The van der Waals surface area contributed by atoms with Crippen LogP contribution in [-0.4, -0.2) is 21.6 Å². The van der Waals surface area contributed by atoms with Crippen LogP contribution in [0.25, 0.3) is 0 Å². The number of nitrogens with zero attached hydrogens (tertiary/aromatic N) is 1. The summed E-state index contributed by atoms with van der Waals surface area (Å²) in [6.45, 7) is 3.46. The molecule has 2 aromatic rings. The van der Waals surface area contributed by atoms with Crippen LogP contribution in [0.5, 0.6) is 0 Å². The lowest BCUT2D eigenvalue weighted by Gasteiger charge is -2.17. The van der Waals surface area contributed by atoms with Crippen molar-refractivity contribution in [3.05, 3.63) is 58.4 Å². The van der Waals surface area contributed by atoms with Crippen LogP contribution < -0.4 is 10.9 Å². The molecule has 0 spiro atoms. The molecule has 2 rings (SSSR count). The van der Waals surface area contributed by atoms with Crippen molar-refractivity contribution < 1.29 is 14.3 Å². The van der Waals surface area contributed by atoms with E-state index in [1.807, 2.05) is 0 Å². The quantitative estimate of drug-likeness (QED) is 0.844. The van der Waals surface area contributed by atoms with Gasteiger partial charge in [0.05, 0.1) is 6.26 Å². The van der Waals surface area contributed by atoms with E-state index in [1.165, 1.54) is 10.8 Å². The summed E-state index contributed by atoms with van der Waals surface area (Å²) in [4.78, 5) is 23.8. The van der Waals surface area contributed by atoms with E-state index in [0.717, 1.165) is 0 Å². The van der Waals surface area contributed by atoms with Crippen LogP contribution in [0.4, 0.5) is 0 Å². The van der Waals surface area contributed by atoms with E-state index in [9.17, 15) is 14.7 Å². The van der Waals surface area contributed by atoms with Crippen molar-refractivity contribution in [2.75, 3.05) is 0 Å². The Morgan fingerprint density at radius 3 is 2.86 bits per heavy atom. The fourth-order valence-corrected chi connectivity index (χ4v) is 2.25. The zero-order valence-corrected chi connectivity index (χ0v) is 12.7. The van der Waals surface area contributed by atoms with Gasteiger partial charge in [-0.25, -0.2) is 0 Å². The van der Waals surface area contributed by atoms with Gasteiger partial charge in [0.25, 0.3) is 5.56 Å². The Morgan fingerprint density at radius 2 is 2.18 bits per heavy atom. The van der Waals surface area contributed by atoms with Gasteiger partial charge < -0.3 is 19.4 Å². The molecule has 1 amide bonds. The Hall–Kier alpha value is -2.34. The number of aryl methyl sites for hydroxylation is 1. The minimum atomic E-state index is -0.771. The number of pyridine rings is 1. The summed E-state index contributed by atoms with van der Waals surface area (Å²) < 4.78 is 6.48. The molecular formula is C16H20N2O4. The molecule has 0 radical (unpaired) electrons. The monoisotopic (exact) mass is 304 g/mol. The van der Waals surface area contributed by atoms with Crippen LogP contribution in [0.2, 0.25) is 0 Å². The van der Waals surface area contributed by atoms with Gasteiger partial charge in [-0.15, -0.1) is 0 Å². The van der Waals surface area contributed by atoms with E-state index < -0.39 is 6.10 Å². The fourth-order valence-electron chi connectivity index (χ4n) is 2.25. The van der Waals surface area contributed by atoms with Crippen molar-refractivity contribution in [2.45, 2.75) is 39.0 Å². The lowest BCUT2D eigenvalue weighted by atomic mass is 10.1. The summed E-state index contributed by atoms with van der Waals surface area (Å²) in [7, 11) is 0. The molecular weight excluding hydrogens is 284 g/mol. The van der Waals surface area contributed by atoms with E-state index in [2.05, 4.69) is 5.32 Å². The second kappa shape index (κ2) is 7.09. The third kappa shape index (κ3) is 4.08. The Balaban J connectivity index is 1.89. The highest BCUT2D eigenvalue weighted by Gasteiger charge is 2.16. The molecule has 2 heterocycles. The van der Waals surface area contributed by atoms with Crippen LogP contribution in [0.1, 0.15) is 30.8 Å². The molecule has 2 unspecified atom stereocenters. The maximum absolute atomic E-state index is 12.0. The highest BCUT2D eigenvalue weighted by Crippen LogP contribution is 2.18. The van der Waals surface area contributed by atoms with Crippen LogP contribution in [-0.2, 0) is 11.3 Å². The smallest absolute Gasteiger partial charge is 0.253 e. The molecule has 6 heteroatoms. The normalized spacial score (nSPS) is 13.6. The minimum absolute atomic E-state index is 0.0400. The molecule has 0 aliphatic heterocycles. The van der Waals surface area contributed by atoms with E-state index in [0.29, 0.717) is 17.7 Å². The zero-order chi connectivity index (χ0) is 16.1. The molecule has 0 aliphatic rings. The average Bonchev–Trinajstić information content (AvgIpc) is 2.97. The number of aromatic nitrogens is 1. The fraction of sp³-hybridized carbons (Fsp3) is 0.375. The van der Waals surface area contributed by atoms with Gasteiger partial charge in [0.1, 0.15) is 18.4 Å². The van der Waals surface area contributed by atoms with Crippen molar-refractivity contribution in [3.63, 3.8) is 0 Å². The molecule has 2 N–H and O–H groups in total. The number of aliphatic hydroxyl groups is 1. The summed E-state index contributed by atoms with van der Waals surface area (Å²) in [6, 6.07) is 6.58. The molecule has 2 atom stereocenters. The summed E-state index contributed by atoms with van der Waals surface area (Å²) >= 11 is 0. The van der Waals surface area contributed by atoms with Crippen LogP contribution >= 0.6 is 0 Å². The van der Waals surface area contributed by atoms with Gasteiger partial charge in [-0.1, -0.05) is 6.07 Å². The number of carbonyl (C=O) groups is 1. The Morgan fingerprint density at radius 1 is 1.41 bits per heavy atom. The van der Waals surface area contributed by atoms with Gasteiger partial charge in [0.15, 0.2) is 0 Å². The SMILES string of the molecule is Cc1cccn(CC(=O)NC(C)CC(O)c2ccco2)c1=O. The number of amides is 1. The molecule has 0 bridgehead atoms. The van der Waals surface area contributed by atoms with Crippen molar-refractivity contribution >= 4 is 5.91 Å². The second-order valence-corrected chi connectivity index (χ2v) is 5.36. The number of nitrogens with one attached hydrogen (secondary N) is 1. The molecule has 22 heavy (non-hydrogen) atoms. The summed E-state index contributed by atoms with van der Waals surface area (Å²) in [5.41, 5.74) is 0.414. The van der Waals surface area contributed by atoms with E-state index in [-0.39, 0.29) is 24.1 Å². The highest BCUT2D eigenvalue weighted by atomic mass is 16.4. The molecule has 2 aromatic heterocycles. The molecule has 118 valence electrons. The molecule has 0 aromatic carbocycles. The first-order valence-corrected chi connectivity index (χ1v) is 7.14. The summed E-state index contributed by atoms with van der Waals surface area (Å²) in [5.74, 6) is 0.197. The Labute approximate surface area is 128 Å². The molecule has 0 saturated carbocycles. The Bertz CT molecular complexity index is 676. The van der Waals surface area contributed by atoms with Crippen molar-refractivity contribution in [1.29, 1.82) is 0 Å². The van der Waals surface area contributed by atoms with Crippen LogP contribution in [0.15, 0.2) is 45.9 Å². The maximum Gasteiger partial charge on any atom is 0.253 e. The van der Waals surface area contributed by atoms with Gasteiger partial charge in [0.2, 0.25) is 5.91 Å². The second-order valence-electron chi connectivity index (χ2n) is 5.36. The topological polar surface area (TPSA) is 84.5 Å². The number of rotatable bonds is 6.